The Hall–Kier alpha value is -2.41. The summed E-state index contributed by atoms with van der Waals surface area (Å²) < 4.78 is 4.74. The molecule has 0 fully saturated rings. The van der Waals surface area contributed by atoms with Crippen LogP contribution in [0.25, 0.3) is 11.4 Å². The van der Waals surface area contributed by atoms with E-state index in [2.05, 4.69) is 20.5 Å². The molecule has 1 aromatic heterocycles. The lowest BCUT2D eigenvalue weighted by Crippen LogP contribution is -2.16. The van der Waals surface area contributed by atoms with Crippen LogP contribution in [-0.4, -0.2) is 39.6 Å². The number of nitrogens with zero attached hydrogens (tertiary/aromatic N) is 2. The Bertz CT molecular complexity index is 568. The molecule has 3 N–H and O–H groups in total. The number of aromatic nitrogens is 3. The summed E-state index contributed by atoms with van der Waals surface area (Å²) >= 11 is 0. The molecule has 1 aromatic carbocycles. The normalized spacial score (nSPS) is 10.2. The highest BCUT2D eigenvalue weighted by molar-refractivity contribution is 5.90. The number of anilines is 1. The molecule has 0 saturated carbocycles. The van der Waals surface area contributed by atoms with Gasteiger partial charge in [0.1, 0.15) is 12.4 Å². The van der Waals surface area contributed by atoms with Crippen molar-refractivity contribution in [1.82, 2.24) is 15.2 Å². The summed E-state index contributed by atoms with van der Waals surface area (Å²) in [5, 5.41) is 18.0. The van der Waals surface area contributed by atoms with Crippen molar-refractivity contribution < 1.29 is 14.6 Å². The van der Waals surface area contributed by atoms with Crippen molar-refractivity contribution in [2.24, 2.45) is 0 Å². The monoisotopic (exact) mass is 262 g/mol. The van der Waals surface area contributed by atoms with Crippen LogP contribution in [0.15, 0.2) is 24.3 Å². The Morgan fingerprint density at radius 2 is 2.26 bits per heavy atom. The predicted octanol–water partition coefficient (Wildman–Crippen LogP) is 1.32. The first-order chi connectivity index (χ1) is 9.20. The summed E-state index contributed by atoms with van der Waals surface area (Å²) in [6.45, 7) is 1.53. The lowest BCUT2D eigenvalue weighted by atomic mass is 10.1. The number of aliphatic hydroxyl groups is 1. The number of ether oxygens (including phenoxy) is 1. The first kappa shape index (κ1) is 13.0. The first-order valence-electron chi connectivity index (χ1n) is 5.73. The molecular weight excluding hydrogens is 248 g/mol. The van der Waals surface area contributed by atoms with Gasteiger partial charge in [-0.25, -0.2) is 9.78 Å². The van der Waals surface area contributed by atoms with Crippen molar-refractivity contribution in [3.05, 3.63) is 30.1 Å². The molecule has 19 heavy (non-hydrogen) atoms. The third-order valence-corrected chi connectivity index (χ3v) is 2.33. The van der Waals surface area contributed by atoms with E-state index in [0.29, 0.717) is 22.9 Å². The number of aromatic amines is 1. The lowest BCUT2D eigenvalue weighted by Gasteiger charge is -2.08. The van der Waals surface area contributed by atoms with E-state index in [1.54, 1.807) is 25.1 Å². The van der Waals surface area contributed by atoms with Crippen molar-refractivity contribution in [2.75, 3.05) is 18.5 Å². The molecule has 0 bridgehead atoms. The number of aliphatic hydroxyl groups excluding tert-OH is 1. The van der Waals surface area contributed by atoms with Crippen LogP contribution in [-0.2, 0) is 4.74 Å². The maximum Gasteiger partial charge on any atom is 0.411 e. The Morgan fingerprint density at radius 3 is 2.95 bits per heavy atom. The molecule has 0 radical (unpaired) electrons. The smallest absolute Gasteiger partial charge is 0.411 e. The molecule has 0 saturated heterocycles. The summed E-state index contributed by atoms with van der Waals surface area (Å²) in [5.41, 5.74) is 1.23. The Balaban J connectivity index is 2.19. The molecule has 7 heteroatoms. The minimum Gasteiger partial charge on any atom is -0.447 e. The van der Waals surface area contributed by atoms with Crippen molar-refractivity contribution in [3.63, 3.8) is 0 Å². The van der Waals surface area contributed by atoms with Gasteiger partial charge in [-0.1, -0.05) is 12.1 Å². The molecule has 0 aliphatic heterocycles. The third kappa shape index (κ3) is 3.29. The lowest BCUT2D eigenvalue weighted by molar-refractivity contribution is 0.131. The zero-order chi connectivity index (χ0) is 13.7. The minimum atomic E-state index is -0.631. The number of para-hydroxylation sites is 1. The van der Waals surface area contributed by atoms with Gasteiger partial charge in [0.2, 0.25) is 0 Å². The SMILES string of the molecule is Cc1nc(-c2ccccc2NC(=O)OCCO)n[nH]1. The Kier molecular flexibility index (Phi) is 4.09. The Morgan fingerprint density at radius 1 is 1.47 bits per heavy atom. The highest BCUT2D eigenvalue weighted by Gasteiger charge is 2.11. The van der Waals surface area contributed by atoms with Crippen LogP contribution >= 0.6 is 0 Å². The van der Waals surface area contributed by atoms with E-state index in [1.165, 1.54) is 0 Å². The molecule has 1 amide bonds. The van der Waals surface area contributed by atoms with Crippen LogP contribution in [0.1, 0.15) is 5.82 Å². The molecule has 7 nitrogen and oxygen atoms in total. The van der Waals surface area contributed by atoms with Gasteiger partial charge in [0.05, 0.1) is 12.3 Å². The number of carbonyl (C=O) groups is 1. The fourth-order valence-corrected chi connectivity index (χ4v) is 1.53. The Labute approximate surface area is 109 Å². The number of rotatable bonds is 4. The number of hydrogen-bond acceptors (Lipinski definition) is 5. The van der Waals surface area contributed by atoms with Crippen molar-refractivity contribution >= 4 is 11.8 Å². The predicted molar refractivity (Wildman–Crippen MR) is 68.6 cm³/mol. The number of nitrogens with one attached hydrogen (secondary N) is 2. The van der Waals surface area contributed by atoms with E-state index in [4.69, 9.17) is 9.84 Å². The largest absolute Gasteiger partial charge is 0.447 e. The molecule has 0 atom stereocenters. The average Bonchev–Trinajstić information content (AvgIpc) is 2.83. The van der Waals surface area contributed by atoms with Crippen molar-refractivity contribution in [1.29, 1.82) is 0 Å². The maximum atomic E-state index is 11.5. The van der Waals surface area contributed by atoms with Gasteiger partial charge in [-0.05, 0) is 19.1 Å². The second-order valence-corrected chi connectivity index (χ2v) is 3.77. The summed E-state index contributed by atoms with van der Waals surface area (Å²) in [6, 6.07) is 7.13. The molecule has 2 rings (SSSR count). The van der Waals surface area contributed by atoms with Gasteiger partial charge < -0.3 is 9.84 Å². The van der Waals surface area contributed by atoms with Crippen LogP contribution in [0.3, 0.4) is 0 Å². The summed E-state index contributed by atoms with van der Waals surface area (Å²) in [6.07, 6.45) is -0.631. The zero-order valence-corrected chi connectivity index (χ0v) is 10.4. The number of carbonyl (C=O) groups excluding carboxylic acids is 1. The number of amides is 1. The van der Waals surface area contributed by atoms with Gasteiger partial charge in [0.15, 0.2) is 5.82 Å². The summed E-state index contributed by atoms with van der Waals surface area (Å²) in [5.74, 6) is 1.18. The minimum absolute atomic E-state index is 0.0479. The zero-order valence-electron chi connectivity index (χ0n) is 10.4. The van der Waals surface area contributed by atoms with Gasteiger partial charge in [0.25, 0.3) is 0 Å². The van der Waals surface area contributed by atoms with Gasteiger partial charge in [-0.3, -0.25) is 10.4 Å². The van der Waals surface area contributed by atoms with Crippen LogP contribution in [0, 0.1) is 6.92 Å². The number of benzene rings is 1. The van der Waals surface area contributed by atoms with E-state index in [-0.39, 0.29) is 13.2 Å². The highest BCUT2D eigenvalue weighted by Crippen LogP contribution is 2.24. The fraction of sp³-hybridized carbons (Fsp3) is 0.250. The topological polar surface area (TPSA) is 100 Å². The van der Waals surface area contributed by atoms with Crippen LogP contribution < -0.4 is 5.32 Å². The summed E-state index contributed by atoms with van der Waals surface area (Å²) in [4.78, 5) is 15.7. The van der Waals surface area contributed by atoms with Crippen LogP contribution in [0.5, 0.6) is 0 Å². The number of aryl methyl sites for hydroxylation is 1. The molecule has 2 aromatic rings. The molecule has 1 heterocycles. The maximum absolute atomic E-state index is 11.5. The van der Waals surface area contributed by atoms with Gasteiger partial charge >= 0.3 is 6.09 Å². The highest BCUT2D eigenvalue weighted by atomic mass is 16.6. The van der Waals surface area contributed by atoms with Crippen molar-refractivity contribution in [3.8, 4) is 11.4 Å². The van der Waals surface area contributed by atoms with E-state index < -0.39 is 6.09 Å². The first-order valence-corrected chi connectivity index (χ1v) is 5.73. The number of hydrogen-bond donors (Lipinski definition) is 3. The molecule has 0 spiro atoms. The second-order valence-electron chi connectivity index (χ2n) is 3.77. The second kappa shape index (κ2) is 5.96. The molecule has 100 valence electrons. The van der Waals surface area contributed by atoms with Gasteiger partial charge in [0, 0.05) is 5.56 Å². The van der Waals surface area contributed by atoms with Crippen LogP contribution in [0.4, 0.5) is 10.5 Å². The summed E-state index contributed by atoms with van der Waals surface area (Å²) in [7, 11) is 0. The average molecular weight is 262 g/mol. The molecule has 0 aliphatic carbocycles. The van der Waals surface area contributed by atoms with Crippen molar-refractivity contribution in [2.45, 2.75) is 6.92 Å². The standard InChI is InChI=1S/C12H14N4O3/c1-8-13-11(16-15-8)9-4-2-3-5-10(9)14-12(18)19-7-6-17/h2-5,17H,6-7H2,1H3,(H,14,18)(H,13,15,16). The molecular formula is C12H14N4O3. The van der Waals surface area contributed by atoms with E-state index in [1.807, 2.05) is 6.07 Å². The molecule has 0 unspecified atom stereocenters. The van der Waals surface area contributed by atoms with Gasteiger partial charge in [-0.2, -0.15) is 5.10 Å². The third-order valence-electron chi connectivity index (χ3n) is 2.33. The van der Waals surface area contributed by atoms with Crippen LogP contribution in [0.2, 0.25) is 0 Å². The number of H-pyrrole nitrogens is 1. The van der Waals surface area contributed by atoms with E-state index in [0.717, 1.165) is 0 Å². The van der Waals surface area contributed by atoms with Gasteiger partial charge in [-0.15, -0.1) is 0 Å². The fourth-order valence-electron chi connectivity index (χ4n) is 1.53. The quantitative estimate of drug-likeness (QED) is 0.771. The van der Waals surface area contributed by atoms with E-state index in [9.17, 15) is 4.79 Å². The van der Waals surface area contributed by atoms with E-state index >= 15 is 0 Å². The molecule has 0 aliphatic rings.